The number of imide groups is 1. The minimum atomic E-state index is -0.827. The van der Waals surface area contributed by atoms with Gasteiger partial charge >= 0.3 is 6.03 Å². The molecule has 1 heterocycles. The summed E-state index contributed by atoms with van der Waals surface area (Å²) < 4.78 is 13.0. The van der Waals surface area contributed by atoms with Gasteiger partial charge in [0.1, 0.15) is 17.9 Å². The maximum absolute atomic E-state index is 13.0. The second-order valence-corrected chi connectivity index (χ2v) is 7.60. The van der Waals surface area contributed by atoms with E-state index in [1.165, 1.54) is 12.1 Å². The lowest BCUT2D eigenvalue weighted by molar-refractivity contribution is -0.134. The molecule has 150 valence electrons. The predicted octanol–water partition coefficient (Wildman–Crippen LogP) is 3.69. The fourth-order valence-electron chi connectivity index (χ4n) is 4.05. The molecule has 1 saturated heterocycles. The zero-order valence-electron chi connectivity index (χ0n) is 15.9. The van der Waals surface area contributed by atoms with Crippen LogP contribution >= 0.6 is 0 Å². The third-order valence-electron chi connectivity index (χ3n) is 5.60. The molecule has 1 aliphatic carbocycles. The maximum Gasteiger partial charge on any atom is 0.325 e. The van der Waals surface area contributed by atoms with Crippen LogP contribution in [0.25, 0.3) is 11.1 Å². The van der Waals surface area contributed by atoms with Crippen LogP contribution in [0.15, 0.2) is 48.5 Å². The van der Waals surface area contributed by atoms with E-state index in [1.807, 2.05) is 12.1 Å². The van der Waals surface area contributed by atoms with Crippen LogP contribution in [0.2, 0.25) is 0 Å². The van der Waals surface area contributed by atoms with Gasteiger partial charge in [-0.3, -0.25) is 14.5 Å². The first-order valence-corrected chi connectivity index (χ1v) is 9.77. The van der Waals surface area contributed by atoms with Crippen LogP contribution < -0.4 is 10.6 Å². The molecule has 6 nitrogen and oxygen atoms in total. The molecule has 2 N–H and O–H groups in total. The first-order valence-electron chi connectivity index (χ1n) is 9.77. The number of anilines is 1. The second kappa shape index (κ2) is 7.66. The molecule has 4 rings (SSSR count). The van der Waals surface area contributed by atoms with E-state index < -0.39 is 17.5 Å². The normalized spacial score (nSPS) is 18.0. The first kappa shape index (κ1) is 19.1. The van der Waals surface area contributed by atoms with Crippen molar-refractivity contribution in [2.75, 3.05) is 11.9 Å². The van der Waals surface area contributed by atoms with Crippen LogP contribution in [0.3, 0.4) is 0 Å². The van der Waals surface area contributed by atoms with Gasteiger partial charge in [0, 0.05) is 5.69 Å². The molecular weight excluding hydrogens is 373 g/mol. The summed E-state index contributed by atoms with van der Waals surface area (Å²) in [4.78, 5) is 38.4. The highest BCUT2D eigenvalue weighted by atomic mass is 19.1. The van der Waals surface area contributed by atoms with Crippen LogP contribution in [0.4, 0.5) is 14.9 Å². The highest BCUT2D eigenvalue weighted by Crippen LogP contribution is 2.33. The van der Waals surface area contributed by atoms with Crippen molar-refractivity contribution < 1.29 is 18.8 Å². The highest BCUT2D eigenvalue weighted by molar-refractivity contribution is 6.10. The van der Waals surface area contributed by atoms with Gasteiger partial charge in [-0.2, -0.15) is 0 Å². The van der Waals surface area contributed by atoms with Crippen molar-refractivity contribution in [1.82, 2.24) is 10.2 Å². The Hall–Kier alpha value is -3.22. The summed E-state index contributed by atoms with van der Waals surface area (Å²) in [5.74, 6) is -1.03. The zero-order chi connectivity index (χ0) is 20.4. The van der Waals surface area contributed by atoms with E-state index in [0.29, 0.717) is 18.5 Å². The number of benzene rings is 2. The molecular formula is C22H22FN3O3. The molecule has 1 aliphatic heterocycles. The van der Waals surface area contributed by atoms with Gasteiger partial charge in [-0.1, -0.05) is 43.5 Å². The largest absolute Gasteiger partial charge is 0.325 e. The number of carbonyl (C=O) groups is 3. The Morgan fingerprint density at radius 3 is 2.17 bits per heavy atom. The van der Waals surface area contributed by atoms with Gasteiger partial charge in [0.05, 0.1) is 0 Å². The molecule has 2 aromatic carbocycles. The number of nitrogens with one attached hydrogen (secondary N) is 2. The lowest BCUT2D eigenvalue weighted by Gasteiger charge is -2.30. The number of carbonyl (C=O) groups excluding carboxylic acids is 3. The van der Waals surface area contributed by atoms with E-state index in [9.17, 15) is 18.8 Å². The summed E-state index contributed by atoms with van der Waals surface area (Å²) in [5, 5.41) is 5.51. The Morgan fingerprint density at radius 1 is 0.966 bits per heavy atom. The highest BCUT2D eigenvalue weighted by Gasteiger charge is 2.51. The monoisotopic (exact) mass is 395 g/mol. The van der Waals surface area contributed by atoms with Crippen molar-refractivity contribution in [3.8, 4) is 11.1 Å². The van der Waals surface area contributed by atoms with Crippen molar-refractivity contribution in [2.24, 2.45) is 0 Å². The third-order valence-corrected chi connectivity index (χ3v) is 5.60. The topological polar surface area (TPSA) is 78.5 Å². The van der Waals surface area contributed by atoms with Crippen molar-refractivity contribution in [3.63, 3.8) is 0 Å². The van der Waals surface area contributed by atoms with Crippen molar-refractivity contribution in [3.05, 3.63) is 54.3 Å². The lowest BCUT2D eigenvalue weighted by Crippen LogP contribution is -2.48. The number of hydrogen-bond acceptors (Lipinski definition) is 3. The van der Waals surface area contributed by atoms with Gasteiger partial charge in [0.25, 0.3) is 5.91 Å². The van der Waals surface area contributed by atoms with E-state index >= 15 is 0 Å². The molecule has 0 bridgehead atoms. The Bertz CT molecular complexity index is 935. The van der Waals surface area contributed by atoms with Crippen molar-refractivity contribution in [1.29, 1.82) is 0 Å². The number of halogens is 1. The molecule has 0 atom stereocenters. The van der Waals surface area contributed by atoms with Crippen LogP contribution in [0.5, 0.6) is 0 Å². The summed E-state index contributed by atoms with van der Waals surface area (Å²) in [6.45, 7) is -0.313. The number of rotatable bonds is 4. The average molecular weight is 395 g/mol. The Labute approximate surface area is 168 Å². The summed E-state index contributed by atoms with van der Waals surface area (Å²) >= 11 is 0. The average Bonchev–Trinajstić information content (AvgIpc) is 2.94. The molecule has 2 aliphatic rings. The Kier molecular flexibility index (Phi) is 5.05. The SMILES string of the molecule is O=C(CN1C(=O)NC2(CCCCC2)C1=O)Nc1ccc(-c2ccc(F)cc2)cc1. The maximum atomic E-state index is 13.0. The van der Waals surface area contributed by atoms with E-state index in [4.69, 9.17) is 0 Å². The van der Waals surface area contributed by atoms with E-state index in [-0.39, 0.29) is 18.3 Å². The minimum absolute atomic E-state index is 0.298. The summed E-state index contributed by atoms with van der Waals surface area (Å²) in [7, 11) is 0. The summed E-state index contributed by atoms with van der Waals surface area (Å²) in [6.07, 6.45) is 4.10. The predicted molar refractivity (Wildman–Crippen MR) is 107 cm³/mol. The van der Waals surface area contributed by atoms with Crippen molar-refractivity contribution >= 4 is 23.5 Å². The number of amides is 4. The molecule has 4 amide bonds. The molecule has 0 aromatic heterocycles. The summed E-state index contributed by atoms with van der Waals surface area (Å²) in [6, 6.07) is 12.7. The fraction of sp³-hybridized carbons (Fsp3) is 0.318. The Morgan fingerprint density at radius 2 is 1.55 bits per heavy atom. The minimum Gasteiger partial charge on any atom is -0.325 e. The van der Waals surface area contributed by atoms with Crippen molar-refractivity contribution in [2.45, 2.75) is 37.6 Å². The molecule has 1 saturated carbocycles. The van der Waals surface area contributed by atoms with E-state index in [1.54, 1.807) is 24.3 Å². The fourth-order valence-corrected chi connectivity index (χ4v) is 4.05. The van der Waals surface area contributed by atoms with E-state index in [0.717, 1.165) is 35.3 Å². The standard InChI is InChI=1S/C22H22FN3O3/c23-17-8-4-15(5-9-17)16-6-10-18(11-7-16)24-19(27)14-26-20(28)22(25-21(26)29)12-2-1-3-13-22/h4-11H,1-3,12-14H2,(H,24,27)(H,25,29). The van der Waals surface area contributed by atoms with Gasteiger partial charge in [-0.25, -0.2) is 9.18 Å². The smallest absolute Gasteiger partial charge is 0.325 e. The molecule has 29 heavy (non-hydrogen) atoms. The van der Waals surface area contributed by atoms with Gasteiger partial charge in [-0.05, 0) is 48.2 Å². The molecule has 7 heteroatoms. The first-order chi connectivity index (χ1) is 14.0. The van der Waals surface area contributed by atoms with Crippen LogP contribution in [0.1, 0.15) is 32.1 Å². The van der Waals surface area contributed by atoms with Gasteiger partial charge in [-0.15, -0.1) is 0 Å². The van der Waals surface area contributed by atoms with Gasteiger partial charge in [0.15, 0.2) is 0 Å². The molecule has 2 fully saturated rings. The van der Waals surface area contributed by atoms with E-state index in [2.05, 4.69) is 10.6 Å². The molecule has 2 aromatic rings. The number of nitrogens with zero attached hydrogens (tertiary/aromatic N) is 1. The number of urea groups is 1. The Balaban J connectivity index is 1.39. The lowest BCUT2D eigenvalue weighted by atomic mass is 9.82. The molecule has 1 spiro atoms. The zero-order valence-corrected chi connectivity index (χ0v) is 15.9. The second-order valence-electron chi connectivity index (χ2n) is 7.60. The molecule has 0 radical (unpaired) electrons. The van der Waals surface area contributed by atoms with Gasteiger partial charge < -0.3 is 10.6 Å². The summed E-state index contributed by atoms with van der Waals surface area (Å²) in [5.41, 5.74) is 1.48. The van der Waals surface area contributed by atoms with Crippen LogP contribution in [0, 0.1) is 5.82 Å². The van der Waals surface area contributed by atoms with Crippen LogP contribution in [-0.2, 0) is 9.59 Å². The van der Waals surface area contributed by atoms with Crippen LogP contribution in [-0.4, -0.2) is 34.8 Å². The molecule has 0 unspecified atom stereocenters. The van der Waals surface area contributed by atoms with Gasteiger partial charge in [0.2, 0.25) is 5.91 Å². The quantitative estimate of drug-likeness (QED) is 0.775. The third kappa shape index (κ3) is 3.85. The number of hydrogen-bond donors (Lipinski definition) is 2.